The third kappa shape index (κ3) is 2.41. The molecule has 0 aliphatic carbocycles. The molecule has 2 aromatic heterocycles. The summed E-state index contributed by atoms with van der Waals surface area (Å²) in [5.41, 5.74) is 0.689. The van der Waals surface area contributed by atoms with Crippen molar-refractivity contribution in [1.82, 2.24) is 9.55 Å². The molecule has 0 atom stereocenters. The maximum Gasteiger partial charge on any atom is 0.301 e. The van der Waals surface area contributed by atoms with Crippen molar-refractivity contribution >= 4 is 11.9 Å². The number of aryl methyl sites for hydroxylation is 2. The van der Waals surface area contributed by atoms with E-state index in [9.17, 15) is 9.59 Å². The first-order valence-corrected chi connectivity index (χ1v) is 4.96. The highest BCUT2D eigenvalue weighted by atomic mass is 16.4. The van der Waals surface area contributed by atoms with E-state index in [-0.39, 0.29) is 17.1 Å². The average Bonchev–Trinajstić information content (AvgIpc) is 2.68. The number of hydrogen-bond acceptors (Lipinski definition) is 4. The number of amides is 1. The van der Waals surface area contributed by atoms with Gasteiger partial charge >= 0.3 is 6.01 Å². The second-order valence-corrected chi connectivity index (χ2v) is 3.61. The highest BCUT2D eigenvalue weighted by Gasteiger charge is 2.10. The van der Waals surface area contributed by atoms with Crippen molar-refractivity contribution in [2.75, 3.05) is 5.32 Å². The number of aromatic nitrogens is 2. The average molecular weight is 233 g/mol. The maximum absolute atomic E-state index is 11.7. The number of nitrogens with one attached hydrogen (secondary N) is 1. The molecule has 1 amide bonds. The smallest absolute Gasteiger partial charge is 0.301 e. The number of pyridine rings is 1. The molecule has 88 valence electrons. The fraction of sp³-hybridized carbons (Fsp3) is 0.182. The van der Waals surface area contributed by atoms with Crippen LogP contribution in [0.2, 0.25) is 0 Å². The first kappa shape index (κ1) is 11.1. The second kappa shape index (κ2) is 4.25. The number of oxazole rings is 1. The number of carbonyl (C=O) groups excluding carboxylic acids is 1. The minimum Gasteiger partial charge on any atom is -0.432 e. The number of carbonyl (C=O) groups is 1. The maximum atomic E-state index is 11.7. The summed E-state index contributed by atoms with van der Waals surface area (Å²) < 4.78 is 6.37. The summed E-state index contributed by atoms with van der Waals surface area (Å²) >= 11 is 0. The Bertz CT molecular complexity index is 612. The number of nitrogens with zero attached hydrogens (tertiary/aromatic N) is 2. The van der Waals surface area contributed by atoms with Gasteiger partial charge in [-0.25, -0.2) is 0 Å². The van der Waals surface area contributed by atoms with E-state index in [1.165, 1.54) is 23.1 Å². The topological polar surface area (TPSA) is 77.1 Å². The van der Waals surface area contributed by atoms with Gasteiger partial charge in [-0.3, -0.25) is 14.9 Å². The summed E-state index contributed by atoms with van der Waals surface area (Å²) in [6, 6.07) is 2.92. The van der Waals surface area contributed by atoms with Gasteiger partial charge in [0.1, 0.15) is 6.26 Å². The monoisotopic (exact) mass is 233 g/mol. The van der Waals surface area contributed by atoms with Gasteiger partial charge in [-0.1, -0.05) is 0 Å². The van der Waals surface area contributed by atoms with E-state index in [1.807, 2.05) is 0 Å². The van der Waals surface area contributed by atoms with Crippen LogP contribution in [0.15, 0.2) is 33.8 Å². The van der Waals surface area contributed by atoms with Crippen molar-refractivity contribution in [2.24, 2.45) is 7.05 Å². The first-order chi connectivity index (χ1) is 8.06. The van der Waals surface area contributed by atoms with Crippen molar-refractivity contribution in [3.8, 4) is 0 Å². The van der Waals surface area contributed by atoms with Gasteiger partial charge in [0, 0.05) is 24.9 Å². The molecule has 0 bridgehead atoms. The van der Waals surface area contributed by atoms with Gasteiger partial charge in [0.25, 0.3) is 11.5 Å². The lowest BCUT2D eigenvalue weighted by Crippen LogP contribution is -2.20. The van der Waals surface area contributed by atoms with Crippen molar-refractivity contribution in [3.63, 3.8) is 0 Å². The van der Waals surface area contributed by atoms with Crippen LogP contribution in [0.3, 0.4) is 0 Å². The van der Waals surface area contributed by atoms with Crippen molar-refractivity contribution in [2.45, 2.75) is 6.92 Å². The predicted octanol–water partition coefficient (Wildman–Crippen LogP) is 0.934. The van der Waals surface area contributed by atoms with Crippen molar-refractivity contribution in [1.29, 1.82) is 0 Å². The molecule has 2 rings (SSSR count). The summed E-state index contributed by atoms with van der Waals surface area (Å²) in [5, 5.41) is 2.46. The Hall–Kier alpha value is -2.37. The Balaban J connectivity index is 2.20. The molecule has 0 saturated heterocycles. The molecule has 6 nitrogen and oxygen atoms in total. The number of anilines is 1. The molecule has 2 heterocycles. The molecule has 0 unspecified atom stereocenters. The highest BCUT2D eigenvalue weighted by molar-refractivity contribution is 6.02. The predicted molar refractivity (Wildman–Crippen MR) is 60.9 cm³/mol. The molecule has 17 heavy (non-hydrogen) atoms. The molecular weight excluding hydrogens is 222 g/mol. The minimum atomic E-state index is -0.426. The first-order valence-electron chi connectivity index (χ1n) is 4.96. The van der Waals surface area contributed by atoms with Gasteiger partial charge in [0.15, 0.2) is 0 Å². The van der Waals surface area contributed by atoms with Crippen molar-refractivity contribution in [3.05, 3.63) is 46.2 Å². The molecule has 0 fully saturated rings. The van der Waals surface area contributed by atoms with E-state index in [0.29, 0.717) is 5.69 Å². The van der Waals surface area contributed by atoms with E-state index in [0.717, 1.165) is 0 Å². The lowest BCUT2D eigenvalue weighted by Gasteiger charge is -2.01. The van der Waals surface area contributed by atoms with E-state index in [1.54, 1.807) is 20.0 Å². The second-order valence-electron chi connectivity index (χ2n) is 3.61. The summed E-state index contributed by atoms with van der Waals surface area (Å²) in [4.78, 5) is 27.0. The fourth-order valence-corrected chi connectivity index (χ4v) is 1.27. The summed E-state index contributed by atoms with van der Waals surface area (Å²) in [7, 11) is 1.61. The van der Waals surface area contributed by atoms with Gasteiger partial charge in [-0.05, 0) is 13.0 Å². The Morgan fingerprint density at radius 1 is 1.53 bits per heavy atom. The largest absolute Gasteiger partial charge is 0.432 e. The van der Waals surface area contributed by atoms with E-state index in [4.69, 9.17) is 4.42 Å². The van der Waals surface area contributed by atoms with Gasteiger partial charge in [-0.2, -0.15) is 4.98 Å². The molecule has 0 radical (unpaired) electrons. The Morgan fingerprint density at radius 2 is 2.29 bits per heavy atom. The summed E-state index contributed by atoms with van der Waals surface area (Å²) in [5.74, 6) is -0.426. The zero-order valence-electron chi connectivity index (χ0n) is 9.43. The van der Waals surface area contributed by atoms with Crippen LogP contribution in [0.5, 0.6) is 0 Å². The van der Waals surface area contributed by atoms with Crippen LogP contribution in [0, 0.1) is 6.92 Å². The third-order valence-corrected chi connectivity index (χ3v) is 2.21. The SMILES string of the molecule is Cc1coc(NC(=O)c2ccn(C)c(=O)c2)n1. The summed E-state index contributed by atoms with van der Waals surface area (Å²) in [6.45, 7) is 1.75. The summed E-state index contributed by atoms with van der Waals surface area (Å²) in [6.07, 6.45) is 2.96. The molecule has 6 heteroatoms. The van der Waals surface area contributed by atoms with Crippen LogP contribution in [0.25, 0.3) is 0 Å². The van der Waals surface area contributed by atoms with Crippen LogP contribution in [-0.2, 0) is 7.05 Å². The molecule has 0 aliphatic rings. The molecule has 0 spiro atoms. The lowest BCUT2D eigenvalue weighted by atomic mass is 10.2. The highest BCUT2D eigenvalue weighted by Crippen LogP contribution is 2.07. The molecule has 0 saturated carbocycles. The number of hydrogen-bond donors (Lipinski definition) is 1. The number of rotatable bonds is 2. The molecule has 1 N–H and O–H groups in total. The molecule has 0 aromatic carbocycles. The Kier molecular flexibility index (Phi) is 2.78. The quantitative estimate of drug-likeness (QED) is 0.837. The van der Waals surface area contributed by atoms with Crippen LogP contribution in [-0.4, -0.2) is 15.5 Å². The van der Waals surface area contributed by atoms with Crippen LogP contribution < -0.4 is 10.9 Å². The van der Waals surface area contributed by atoms with Gasteiger partial charge in [0.2, 0.25) is 0 Å². The Labute approximate surface area is 96.9 Å². The van der Waals surface area contributed by atoms with Gasteiger partial charge < -0.3 is 8.98 Å². The minimum absolute atomic E-state index is 0.119. The molecule has 2 aromatic rings. The van der Waals surface area contributed by atoms with Gasteiger partial charge in [-0.15, -0.1) is 0 Å². The standard InChI is InChI=1S/C11H11N3O3/c1-7-6-17-11(12-7)13-10(16)8-3-4-14(2)9(15)5-8/h3-6H,1-2H3,(H,12,13,16). The fourth-order valence-electron chi connectivity index (χ4n) is 1.27. The Morgan fingerprint density at radius 3 is 2.88 bits per heavy atom. The lowest BCUT2D eigenvalue weighted by molar-refractivity contribution is 0.102. The van der Waals surface area contributed by atoms with Crippen LogP contribution >= 0.6 is 0 Å². The zero-order valence-corrected chi connectivity index (χ0v) is 9.43. The molecular formula is C11H11N3O3. The van der Waals surface area contributed by atoms with E-state index >= 15 is 0 Å². The third-order valence-electron chi connectivity index (χ3n) is 2.21. The normalized spacial score (nSPS) is 10.2. The van der Waals surface area contributed by atoms with E-state index in [2.05, 4.69) is 10.3 Å². The molecule has 0 aliphatic heterocycles. The van der Waals surface area contributed by atoms with Gasteiger partial charge in [0.05, 0.1) is 5.69 Å². The van der Waals surface area contributed by atoms with Crippen molar-refractivity contribution < 1.29 is 9.21 Å². The zero-order chi connectivity index (χ0) is 12.4. The van der Waals surface area contributed by atoms with E-state index < -0.39 is 5.91 Å². The van der Waals surface area contributed by atoms with Crippen LogP contribution in [0.1, 0.15) is 16.1 Å². The van der Waals surface area contributed by atoms with Crippen LogP contribution in [0.4, 0.5) is 6.01 Å².